The van der Waals surface area contributed by atoms with E-state index in [-0.39, 0.29) is 11.3 Å². The Bertz CT molecular complexity index is 265. The molecule has 1 aliphatic rings. The molecule has 0 radical (unpaired) electrons. The Kier molecular flexibility index (Phi) is 2.75. The van der Waals surface area contributed by atoms with Crippen molar-refractivity contribution in [2.45, 2.75) is 40.5 Å². The predicted octanol–water partition coefficient (Wildman–Crippen LogP) is 3.09. The Morgan fingerprint density at radius 3 is 2.29 bits per heavy atom. The summed E-state index contributed by atoms with van der Waals surface area (Å²) in [6.07, 6.45) is 5.96. The van der Waals surface area contributed by atoms with Crippen molar-refractivity contribution in [2.24, 2.45) is 16.7 Å². The van der Waals surface area contributed by atoms with E-state index in [9.17, 15) is 9.90 Å². The summed E-state index contributed by atoms with van der Waals surface area (Å²) in [5.74, 6) is -0.442. The van der Waals surface area contributed by atoms with Crippen molar-refractivity contribution in [2.75, 3.05) is 0 Å². The van der Waals surface area contributed by atoms with Crippen LogP contribution in [0.4, 0.5) is 0 Å². The zero-order valence-electron chi connectivity index (χ0n) is 9.50. The average molecular weight is 196 g/mol. The molecule has 2 nitrogen and oxygen atoms in total. The van der Waals surface area contributed by atoms with Gasteiger partial charge in [-0.05, 0) is 17.8 Å². The first kappa shape index (κ1) is 11.3. The Balaban J connectivity index is 2.84. The number of carboxylic acid groups (broad SMARTS) is 1. The lowest BCUT2D eigenvalue weighted by Gasteiger charge is -2.09. The van der Waals surface area contributed by atoms with Gasteiger partial charge in [0.05, 0.1) is 5.41 Å². The minimum atomic E-state index is -0.678. The van der Waals surface area contributed by atoms with Gasteiger partial charge in [-0.1, -0.05) is 46.3 Å². The summed E-state index contributed by atoms with van der Waals surface area (Å²) in [6, 6.07) is 0. The third kappa shape index (κ3) is 1.28. The zero-order valence-corrected chi connectivity index (χ0v) is 9.50. The molecule has 0 saturated heterocycles. The summed E-state index contributed by atoms with van der Waals surface area (Å²) < 4.78 is 0. The highest BCUT2D eigenvalue weighted by Crippen LogP contribution is 2.69. The van der Waals surface area contributed by atoms with Crippen LogP contribution in [-0.2, 0) is 4.79 Å². The first-order chi connectivity index (χ1) is 6.41. The van der Waals surface area contributed by atoms with E-state index in [1.165, 1.54) is 0 Å². The SMILES string of the molecule is CCCC=CC1(C(=O)O)C(C)C1(C)C. The number of carbonyl (C=O) groups is 1. The molecule has 1 rings (SSSR count). The quantitative estimate of drug-likeness (QED) is 0.701. The first-order valence-electron chi connectivity index (χ1n) is 5.32. The minimum Gasteiger partial charge on any atom is -0.481 e. The van der Waals surface area contributed by atoms with Gasteiger partial charge in [0, 0.05) is 0 Å². The van der Waals surface area contributed by atoms with Gasteiger partial charge < -0.3 is 5.11 Å². The van der Waals surface area contributed by atoms with Gasteiger partial charge in [0.1, 0.15) is 0 Å². The molecule has 14 heavy (non-hydrogen) atoms. The Labute approximate surface area is 86.0 Å². The zero-order chi connectivity index (χ0) is 11.0. The number of hydrogen-bond donors (Lipinski definition) is 1. The molecule has 80 valence electrons. The lowest BCUT2D eigenvalue weighted by molar-refractivity contribution is -0.142. The molecule has 1 N–H and O–H groups in total. The smallest absolute Gasteiger partial charge is 0.314 e. The Morgan fingerprint density at radius 2 is 2.00 bits per heavy atom. The lowest BCUT2D eigenvalue weighted by atomic mass is 9.95. The number of hydrogen-bond acceptors (Lipinski definition) is 1. The van der Waals surface area contributed by atoms with Gasteiger partial charge in [-0.2, -0.15) is 0 Å². The molecule has 0 bridgehead atoms. The maximum Gasteiger partial charge on any atom is 0.314 e. The molecule has 1 fully saturated rings. The van der Waals surface area contributed by atoms with E-state index in [0.29, 0.717) is 0 Å². The molecule has 0 aromatic rings. The third-order valence-corrected chi connectivity index (χ3v) is 3.94. The van der Waals surface area contributed by atoms with Crippen molar-refractivity contribution in [1.29, 1.82) is 0 Å². The van der Waals surface area contributed by atoms with Crippen molar-refractivity contribution in [3.8, 4) is 0 Å². The number of unbranched alkanes of at least 4 members (excludes halogenated alkanes) is 1. The summed E-state index contributed by atoms with van der Waals surface area (Å²) in [6.45, 7) is 8.17. The van der Waals surface area contributed by atoms with Crippen molar-refractivity contribution in [3.05, 3.63) is 12.2 Å². The topological polar surface area (TPSA) is 37.3 Å². The molecule has 0 spiro atoms. The number of rotatable bonds is 4. The Morgan fingerprint density at radius 1 is 1.50 bits per heavy atom. The van der Waals surface area contributed by atoms with Crippen LogP contribution in [-0.4, -0.2) is 11.1 Å². The fourth-order valence-corrected chi connectivity index (χ4v) is 2.39. The second kappa shape index (κ2) is 3.41. The minimum absolute atomic E-state index is 0.0942. The van der Waals surface area contributed by atoms with Gasteiger partial charge in [0.25, 0.3) is 0 Å². The van der Waals surface area contributed by atoms with Crippen LogP contribution in [0.15, 0.2) is 12.2 Å². The van der Waals surface area contributed by atoms with Gasteiger partial charge in [-0.25, -0.2) is 0 Å². The summed E-state index contributed by atoms with van der Waals surface area (Å²) in [5.41, 5.74) is -0.703. The maximum atomic E-state index is 11.3. The van der Waals surface area contributed by atoms with Gasteiger partial charge in [0.2, 0.25) is 0 Å². The molecule has 2 atom stereocenters. The molecule has 1 saturated carbocycles. The van der Waals surface area contributed by atoms with Crippen LogP contribution in [0.1, 0.15) is 40.5 Å². The molecule has 0 aliphatic heterocycles. The molecule has 0 amide bonds. The molecule has 0 aromatic carbocycles. The second-order valence-corrected chi connectivity index (χ2v) is 4.81. The first-order valence-corrected chi connectivity index (χ1v) is 5.32. The van der Waals surface area contributed by atoms with E-state index in [2.05, 4.69) is 6.92 Å². The summed E-state index contributed by atoms with van der Waals surface area (Å²) >= 11 is 0. The van der Waals surface area contributed by atoms with Crippen LogP contribution < -0.4 is 0 Å². The highest BCUT2D eigenvalue weighted by Gasteiger charge is 2.71. The monoisotopic (exact) mass is 196 g/mol. The number of allylic oxidation sites excluding steroid dienone is 1. The number of carboxylic acids is 1. The average Bonchev–Trinajstić information content (AvgIpc) is 2.51. The van der Waals surface area contributed by atoms with E-state index in [0.717, 1.165) is 12.8 Å². The van der Waals surface area contributed by atoms with Gasteiger partial charge >= 0.3 is 5.97 Å². The lowest BCUT2D eigenvalue weighted by Crippen LogP contribution is -2.18. The normalized spacial score (nSPS) is 34.7. The Hall–Kier alpha value is -0.790. The molecule has 1 aliphatic carbocycles. The van der Waals surface area contributed by atoms with Crippen LogP contribution in [0.25, 0.3) is 0 Å². The maximum absolute atomic E-state index is 11.3. The van der Waals surface area contributed by atoms with Crippen LogP contribution in [0.5, 0.6) is 0 Å². The van der Waals surface area contributed by atoms with Crippen LogP contribution in [0.2, 0.25) is 0 Å². The summed E-state index contributed by atoms with van der Waals surface area (Å²) in [7, 11) is 0. The molecule has 2 heteroatoms. The van der Waals surface area contributed by atoms with Gasteiger partial charge in [0.15, 0.2) is 0 Å². The van der Waals surface area contributed by atoms with E-state index >= 15 is 0 Å². The standard InChI is InChI=1S/C12H20O2/c1-5-6-7-8-12(10(13)14)9(2)11(12,3)4/h7-9H,5-6H2,1-4H3,(H,13,14). The highest BCUT2D eigenvalue weighted by atomic mass is 16.4. The van der Waals surface area contributed by atoms with E-state index in [1.807, 2.05) is 32.9 Å². The van der Waals surface area contributed by atoms with Crippen LogP contribution >= 0.6 is 0 Å². The largest absolute Gasteiger partial charge is 0.481 e. The second-order valence-electron chi connectivity index (χ2n) is 4.81. The molecule has 0 heterocycles. The summed E-state index contributed by atoms with van der Waals surface area (Å²) in [5, 5.41) is 9.26. The van der Waals surface area contributed by atoms with Crippen molar-refractivity contribution in [3.63, 3.8) is 0 Å². The van der Waals surface area contributed by atoms with Gasteiger partial charge in [-0.3, -0.25) is 4.79 Å². The van der Waals surface area contributed by atoms with Gasteiger partial charge in [-0.15, -0.1) is 0 Å². The van der Waals surface area contributed by atoms with E-state index in [1.54, 1.807) is 0 Å². The molecular weight excluding hydrogens is 176 g/mol. The fraction of sp³-hybridized carbons (Fsp3) is 0.750. The third-order valence-electron chi connectivity index (χ3n) is 3.94. The summed E-state index contributed by atoms with van der Waals surface area (Å²) in [4.78, 5) is 11.3. The fourth-order valence-electron chi connectivity index (χ4n) is 2.39. The number of aliphatic carboxylic acids is 1. The molecular formula is C12H20O2. The molecule has 2 unspecified atom stereocenters. The van der Waals surface area contributed by atoms with Crippen molar-refractivity contribution < 1.29 is 9.90 Å². The highest BCUT2D eigenvalue weighted by molar-refractivity contribution is 5.83. The van der Waals surface area contributed by atoms with E-state index in [4.69, 9.17) is 0 Å². The van der Waals surface area contributed by atoms with Crippen LogP contribution in [0, 0.1) is 16.7 Å². The van der Waals surface area contributed by atoms with Crippen LogP contribution in [0.3, 0.4) is 0 Å². The van der Waals surface area contributed by atoms with E-state index < -0.39 is 11.4 Å². The van der Waals surface area contributed by atoms with Crippen molar-refractivity contribution in [1.82, 2.24) is 0 Å². The van der Waals surface area contributed by atoms with Crippen molar-refractivity contribution >= 4 is 5.97 Å². The predicted molar refractivity (Wildman–Crippen MR) is 57.1 cm³/mol. The molecule has 0 aromatic heterocycles.